The molecule has 1 aromatic carbocycles. The Morgan fingerprint density at radius 1 is 1.27 bits per heavy atom. The molecule has 26 heavy (non-hydrogen) atoms. The molecule has 0 amide bonds. The lowest BCUT2D eigenvalue weighted by atomic mass is 10.1. The smallest absolute Gasteiger partial charge is 0.228 e. The van der Waals surface area contributed by atoms with Crippen LogP contribution in [-0.4, -0.2) is 44.4 Å². The number of nitrogens with zero attached hydrogens (tertiary/aromatic N) is 3. The molecule has 0 aliphatic rings. The number of guanidine groups is 1. The largest absolute Gasteiger partial charge is 0.356 e. The van der Waals surface area contributed by atoms with Crippen LogP contribution in [0.4, 0.5) is 0 Å². The molecule has 144 valence electrons. The van der Waals surface area contributed by atoms with Gasteiger partial charge in [-0.2, -0.15) is 4.98 Å². The van der Waals surface area contributed by atoms with Crippen LogP contribution in [0.15, 0.2) is 32.6 Å². The number of aryl methyl sites for hydroxylation is 2. The van der Waals surface area contributed by atoms with Crippen molar-refractivity contribution < 1.29 is 12.9 Å². The van der Waals surface area contributed by atoms with Crippen molar-refractivity contribution in [1.82, 2.24) is 20.8 Å². The van der Waals surface area contributed by atoms with E-state index >= 15 is 0 Å². The molecule has 0 radical (unpaired) electrons. The summed E-state index contributed by atoms with van der Waals surface area (Å²) in [6.45, 7) is 4.70. The summed E-state index contributed by atoms with van der Waals surface area (Å²) < 4.78 is 28.4. The van der Waals surface area contributed by atoms with Crippen LogP contribution in [0, 0.1) is 13.8 Å². The maximum atomic E-state index is 11.7. The van der Waals surface area contributed by atoms with Crippen LogP contribution in [0.25, 0.3) is 0 Å². The molecule has 8 nitrogen and oxygen atoms in total. The van der Waals surface area contributed by atoms with Crippen LogP contribution in [0.5, 0.6) is 0 Å². The van der Waals surface area contributed by atoms with Crippen LogP contribution in [0.1, 0.15) is 22.8 Å². The fraction of sp³-hybridized carbons (Fsp3) is 0.438. The van der Waals surface area contributed by atoms with E-state index in [4.69, 9.17) is 4.52 Å². The second-order valence-electron chi connectivity index (χ2n) is 5.71. The molecule has 0 bridgehead atoms. The van der Waals surface area contributed by atoms with E-state index in [-0.39, 0.29) is 24.0 Å². The zero-order valence-electron chi connectivity index (χ0n) is 15.2. The van der Waals surface area contributed by atoms with Gasteiger partial charge in [-0.05, 0) is 31.0 Å². The van der Waals surface area contributed by atoms with Gasteiger partial charge in [-0.25, -0.2) is 8.42 Å². The normalized spacial score (nSPS) is 11.8. The van der Waals surface area contributed by atoms with Crippen LogP contribution in [-0.2, 0) is 22.8 Å². The molecule has 0 saturated carbocycles. The maximum Gasteiger partial charge on any atom is 0.228 e. The zero-order chi connectivity index (χ0) is 18.4. The molecule has 0 spiro atoms. The van der Waals surface area contributed by atoms with Crippen molar-refractivity contribution in [1.29, 1.82) is 0 Å². The molecule has 0 unspecified atom stereocenters. The van der Waals surface area contributed by atoms with Gasteiger partial charge in [0.25, 0.3) is 0 Å². The van der Waals surface area contributed by atoms with Crippen LogP contribution in [0.3, 0.4) is 0 Å². The topological polar surface area (TPSA) is 109 Å². The first-order chi connectivity index (χ1) is 11.8. The Labute approximate surface area is 170 Å². The van der Waals surface area contributed by atoms with Crippen LogP contribution >= 0.6 is 24.0 Å². The van der Waals surface area contributed by atoms with Gasteiger partial charge in [0.2, 0.25) is 5.89 Å². The average Bonchev–Trinajstić information content (AvgIpc) is 2.95. The van der Waals surface area contributed by atoms with Crippen molar-refractivity contribution in [2.24, 2.45) is 4.99 Å². The molecule has 0 fully saturated rings. The molecular weight excluding hydrogens is 469 g/mol. The zero-order valence-corrected chi connectivity index (χ0v) is 18.4. The first-order valence-electron chi connectivity index (χ1n) is 7.83. The highest BCUT2D eigenvalue weighted by atomic mass is 127. The standard InChI is InChI=1S/C16H23N5O3S.HI/c1-11-9-13(5-6-14(11)25(4,22)23)10-19-16(17-3)18-8-7-15-20-12(2)21-24-15;/h5-6,9H,7-8,10H2,1-4H3,(H2,17,18,19);1H. The van der Waals surface area contributed by atoms with E-state index in [2.05, 4.69) is 25.8 Å². The van der Waals surface area contributed by atoms with Gasteiger partial charge in [0.15, 0.2) is 21.6 Å². The highest BCUT2D eigenvalue weighted by Crippen LogP contribution is 2.16. The molecule has 0 aliphatic carbocycles. The Balaban J connectivity index is 0.00000338. The van der Waals surface area contributed by atoms with Crippen molar-refractivity contribution in [3.63, 3.8) is 0 Å². The summed E-state index contributed by atoms with van der Waals surface area (Å²) >= 11 is 0. The molecule has 1 heterocycles. The van der Waals surface area contributed by atoms with E-state index < -0.39 is 9.84 Å². The van der Waals surface area contributed by atoms with Gasteiger partial charge in [-0.3, -0.25) is 4.99 Å². The number of aromatic nitrogens is 2. The summed E-state index contributed by atoms with van der Waals surface area (Å²) in [7, 11) is -1.51. The van der Waals surface area contributed by atoms with Crippen LogP contribution < -0.4 is 10.6 Å². The second-order valence-corrected chi connectivity index (χ2v) is 7.69. The van der Waals surface area contributed by atoms with Crippen molar-refractivity contribution in [3.05, 3.63) is 41.0 Å². The molecule has 2 N–H and O–H groups in total. The summed E-state index contributed by atoms with van der Waals surface area (Å²) in [6, 6.07) is 5.29. The maximum absolute atomic E-state index is 11.7. The van der Waals surface area contributed by atoms with Gasteiger partial charge < -0.3 is 15.2 Å². The minimum atomic E-state index is -3.20. The minimum absolute atomic E-state index is 0. The predicted octanol–water partition coefficient (Wildman–Crippen LogP) is 1.62. The van der Waals surface area contributed by atoms with Gasteiger partial charge in [-0.1, -0.05) is 17.3 Å². The average molecular weight is 493 g/mol. The van der Waals surface area contributed by atoms with Gasteiger partial charge in [-0.15, -0.1) is 24.0 Å². The highest BCUT2D eigenvalue weighted by Gasteiger charge is 2.11. The molecule has 2 aromatic rings. The highest BCUT2D eigenvalue weighted by molar-refractivity contribution is 14.0. The summed E-state index contributed by atoms with van der Waals surface area (Å²) in [4.78, 5) is 8.64. The van der Waals surface area contributed by atoms with Gasteiger partial charge in [0.05, 0.1) is 4.90 Å². The van der Waals surface area contributed by atoms with E-state index in [1.807, 2.05) is 6.07 Å². The van der Waals surface area contributed by atoms with Crippen molar-refractivity contribution in [2.75, 3.05) is 19.8 Å². The predicted molar refractivity (Wildman–Crippen MR) is 111 cm³/mol. The summed E-state index contributed by atoms with van der Waals surface area (Å²) in [5, 5.41) is 10.1. The van der Waals surface area contributed by atoms with E-state index in [0.717, 1.165) is 11.1 Å². The lowest BCUT2D eigenvalue weighted by molar-refractivity contribution is 0.374. The van der Waals surface area contributed by atoms with Gasteiger partial charge in [0, 0.05) is 32.8 Å². The molecule has 0 saturated heterocycles. The number of benzene rings is 1. The summed E-state index contributed by atoms with van der Waals surface area (Å²) in [6.07, 6.45) is 1.81. The number of hydrogen-bond acceptors (Lipinski definition) is 6. The number of sulfone groups is 1. The van der Waals surface area contributed by atoms with Gasteiger partial charge >= 0.3 is 0 Å². The lowest BCUT2D eigenvalue weighted by Gasteiger charge is -2.12. The summed E-state index contributed by atoms with van der Waals surface area (Å²) in [5.41, 5.74) is 1.71. The van der Waals surface area contributed by atoms with Crippen LogP contribution in [0.2, 0.25) is 0 Å². The quantitative estimate of drug-likeness (QED) is 0.358. The van der Waals surface area contributed by atoms with E-state index in [0.29, 0.717) is 42.1 Å². The van der Waals surface area contributed by atoms with E-state index in [1.165, 1.54) is 6.26 Å². The Kier molecular flexibility index (Phi) is 8.47. The molecule has 0 aliphatic heterocycles. The number of aliphatic imine (C=N–C) groups is 1. The van der Waals surface area contributed by atoms with E-state index in [9.17, 15) is 8.42 Å². The third-order valence-corrected chi connectivity index (χ3v) is 4.78. The Bertz CT molecular complexity index is 865. The monoisotopic (exact) mass is 493 g/mol. The second kappa shape index (κ2) is 9.86. The number of rotatable bonds is 6. The SMILES string of the molecule is CN=C(NCCc1nc(C)no1)NCc1ccc(S(C)(=O)=O)c(C)c1.I. The Morgan fingerprint density at radius 3 is 2.54 bits per heavy atom. The fourth-order valence-electron chi connectivity index (χ4n) is 2.37. The Morgan fingerprint density at radius 2 is 2.00 bits per heavy atom. The first-order valence-corrected chi connectivity index (χ1v) is 9.72. The number of hydrogen-bond donors (Lipinski definition) is 2. The van der Waals surface area contributed by atoms with E-state index in [1.54, 1.807) is 33.0 Å². The van der Waals surface area contributed by atoms with Crippen molar-refractivity contribution in [2.45, 2.75) is 31.7 Å². The Hall–Kier alpha value is -1.69. The van der Waals surface area contributed by atoms with Crippen molar-refractivity contribution in [3.8, 4) is 0 Å². The number of nitrogens with one attached hydrogen (secondary N) is 2. The molecule has 1 aromatic heterocycles. The molecular formula is C16H24IN5O3S. The fourth-order valence-corrected chi connectivity index (χ4v) is 3.33. The molecule has 10 heteroatoms. The minimum Gasteiger partial charge on any atom is -0.356 e. The van der Waals surface area contributed by atoms with Gasteiger partial charge in [0.1, 0.15) is 0 Å². The molecule has 0 atom stereocenters. The number of halogens is 1. The third-order valence-electron chi connectivity index (χ3n) is 3.52. The van der Waals surface area contributed by atoms with Crippen molar-refractivity contribution >= 4 is 39.8 Å². The molecule has 2 rings (SSSR count). The lowest BCUT2D eigenvalue weighted by Crippen LogP contribution is -2.37. The summed E-state index contributed by atoms with van der Waals surface area (Å²) in [5.74, 6) is 1.83. The first kappa shape index (κ1) is 22.4. The third kappa shape index (κ3) is 6.56.